The van der Waals surface area contributed by atoms with Crippen molar-refractivity contribution in [3.8, 4) is 0 Å². The minimum atomic E-state index is 0.364. The fourth-order valence-electron chi connectivity index (χ4n) is 1.20. The van der Waals surface area contributed by atoms with Crippen LogP contribution in [-0.4, -0.2) is 11.5 Å². The molecule has 0 bridgehead atoms. The summed E-state index contributed by atoms with van der Waals surface area (Å²) in [4.78, 5) is 11.3. The second-order valence-corrected chi connectivity index (χ2v) is 4.80. The number of carbonyl (C=O) groups is 1. The van der Waals surface area contributed by atoms with E-state index >= 15 is 0 Å². The maximum atomic E-state index is 11.3. The molecule has 0 spiro atoms. The van der Waals surface area contributed by atoms with Crippen LogP contribution < -0.4 is 0 Å². The molecule has 4 heteroatoms. The first-order chi connectivity index (χ1) is 6.75. The fourth-order valence-corrected chi connectivity index (χ4v) is 2.26. The number of hydrogen-bond donors (Lipinski definition) is 0. The fraction of sp³-hybridized carbons (Fsp3) is 0.500. The highest BCUT2D eigenvalue weighted by atomic mass is 35.5. The molecule has 1 aliphatic rings. The van der Waals surface area contributed by atoms with E-state index in [1.165, 1.54) is 0 Å². The third-order valence-corrected chi connectivity index (χ3v) is 3.33. The molecule has 0 N–H and O–H groups in total. The Morgan fingerprint density at radius 1 is 1.57 bits per heavy atom. The minimum absolute atomic E-state index is 0.364. The number of rotatable bonds is 5. The first kappa shape index (κ1) is 10.1. The van der Waals surface area contributed by atoms with Gasteiger partial charge in [0.05, 0.1) is 11.5 Å². The molecule has 0 saturated heterocycles. The summed E-state index contributed by atoms with van der Waals surface area (Å²) >= 11 is 7.21. The highest BCUT2D eigenvalue weighted by molar-refractivity contribution is 7.99. The van der Waals surface area contributed by atoms with Crippen LogP contribution in [0.3, 0.4) is 0 Å². The molecule has 1 aromatic heterocycles. The number of carbonyl (C=O) groups excluding carboxylic acids is 1. The monoisotopic (exact) mass is 230 g/mol. The molecule has 1 aliphatic carbocycles. The molecule has 0 unspecified atom stereocenters. The van der Waals surface area contributed by atoms with Crippen LogP contribution in [0.2, 0.25) is 5.22 Å². The Bertz CT molecular complexity index is 331. The van der Waals surface area contributed by atoms with Crippen molar-refractivity contribution in [1.82, 2.24) is 0 Å². The predicted octanol–water partition coefficient (Wildman–Crippen LogP) is 3.15. The molecule has 0 aliphatic heterocycles. The third kappa shape index (κ3) is 2.79. The van der Waals surface area contributed by atoms with Crippen LogP contribution in [0.15, 0.2) is 16.5 Å². The first-order valence-corrected chi connectivity index (χ1v) is 6.13. The van der Waals surface area contributed by atoms with Gasteiger partial charge in [0.15, 0.2) is 5.22 Å². The molecule has 0 atom stereocenters. The lowest BCUT2D eigenvalue weighted by atomic mass is 10.3. The van der Waals surface area contributed by atoms with E-state index in [-0.39, 0.29) is 0 Å². The summed E-state index contributed by atoms with van der Waals surface area (Å²) in [5.41, 5.74) is 0. The van der Waals surface area contributed by atoms with E-state index in [4.69, 9.17) is 16.0 Å². The molecule has 0 amide bonds. The smallest absolute Gasteiger partial charge is 0.193 e. The third-order valence-electron chi connectivity index (χ3n) is 2.15. The predicted molar refractivity (Wildman–Crippen MR) is 57.6 cm³/mol. The molecule has 0 aromatic carbocycles. The lowest BCUT2D eigenvalue weighted by Gasteiger charge is -1.97. The molecule has 76 valence electrons. The summed E-state index contributed by atoms with van der Waals surface area (Å²) in [6.45, 7) is 0. The van der Waals surface area contributed by atoms with Crippen molar-refractivity contribution in [2.75, 3.05) is 5.75 Å². The van der Waals surface area contributed by atoms with Crippen molar-refractivity contribution < 1.29 is 9.21 Å². The zero-order chi connectivity index (χ0) is 9.97. The van der Waals surface area contributed by atoms with Crippen LogP contribution in [0.1, 0.15) is 18.6 Å². The number of halogens is 1. The van der Waals surface area contributed by atoms with E-state index in [0.717, 1.165) is 24.4 Å². The SMILES string of the molecule is O=C(CSCc1ccc(Cl)o1)C1CC1. The zero-order valence-electron chi connectivity index (χ0n) is 7.66. The van der Waals surface area contributed by atoms with Gasteiger partial charge in [-0.1, -0.05) is 0 Å². The van der Waals surface area contributed by atoms with Crippen LogP contribution >= 0.6 is 23.4 Å². The van der Waals surface area contributed by atoms with Crippen molar-refractivity contribution in [2.24, 2.45) is 5.92 Å². The Hall–Kier alpha value is -0.410. The molecule has 0 radical (unpaired) electrons. The molecule has 1 saturated carbocycles. The Morgan fingerprint density at radius 2 is 2.36 bits per heavy atom. The quantitative estimate of drug-likeness (QED) is 0.779. The maximum absolute atomic E-state index is 11.3. The van der Waals surface area contributed by atoms with Gasteiger partial charge in [0.2, 0.25) is 0 Å². The van der Waals surface area contributed by atoms with Gasteiger partial charge in [0.25, 0.3) is 0 Å². The average Bonchev–Trinajstić information content (AvgIpc) is 2.92. The molecular formula is C10H11ClO2S. The van der Waals surface area contributed by atoms with Gasteiger partial charge in [-0.15, -0.1) is 11.8 Å². The van der Waals surface area contributed by atoms with E-state index in [2.05, 4.69) is 0 Å². The van der Waals surface area contributed by atoms with Gasteiger partial charge in [0, 0.05) is 5.92 Å². The lowest BCUT2D eigenvalue weighted by molar-refractivity contribution is -0.117. The van der Waals surface area contributed by atoms with Crippen molar-refractivity contribution in [1.29, 1.82) is 0 Å². The van der Waals surface area contributed by atoms with E-state index in [9.17, 15) is 4.79 Å². The maximum Gasteiger partial charge on any atom is 0.193 e. The molecule has 1 heterocycles. The van der Waals surface area contributed by atoms with Crippen molar-refractivity contribution in [2.45, 2.75) is 18.6 Å². The van der Waals surface area contributed by atoms with Gasteiger partial charge < -0.3 is 4.42 Å². The second kappa shape index (κ2) is 4.41. The number of hydrogen-bond acceptors (Lipinski definition) is 3. The number of Topliss-reactive ketones (excluding diaryl/α,β-unsaturated/α-hetero) is 1. The van der Waals surface area contributed by atoms with Gasteiger partial charge in [-0.2, -0.15) is 0 Å². The van der Waals surface area contributed by atoms with Gasteiger partial charge in [-0.05, 0) is 36.6 Å². The summed E-state index contributed by atoms with van der Waals surface area (Å²) in [5.74, 6) is 2.91. The number of furan rings is 1. The van der Waals surface area contributed by atoms with Crippen LogP contribution in [0.4, 0.5) is 0 Å². The normalized spacial score (nSPS) is 15.8. The Labute approximate surface area is 92.0 Å². The summed E-state index contributed by atoms with van der Waals surface area (Å²) in [5, 5.41) is 0.411. The summed E-state index contributed by atoms with van der Waals surface area (Å²) in [6, 6.07) is 3.57. The molecule has 1 fully saturated rings. The van der Waals surface area contributed by atoms with E-state index in [1.54, 1.807) is 17.8 Å². The van der Waals surface area contributed by atoms with Crippen molar-refractivity contribution >= 4 is 29.1 Å². The van der Waals surface area contributed by atoms with Crippen LogP contribution in [0, 0.1) is 5.92 Å². The molecule has 1 aromatic rings. The Morgan fingerprint density at radius 3 is 2.93 bits per heavy atom. The minimum Gasteiger partial charge on any atom is -0.449 e. The highest BCUT2D eigenvalue weighted by Crippen LogP contribution is 2.31. The van der Waals surface area contributed by atoms with Crippen LogP contribution in [0.25, 0.3) is 0 Å². The largest absolute Gasteiger partial charge is 0.449 e. The van der Waals surface area contributed by atoms with Gasteiger partial charge in [0.1, 0.15) is 11.5 Å². The molecule has 2 rings (SSSR count). The van der Waals surface area contributed by atoms with Crippen LogP contribution in [-0.2, 0) is 10.5 Å². The summed E-state index contributed by atoms with van der Waals surface area (Å²) in [7, 11) is 0. The van der Waals surface area contributed by atoms with Gasteiger partial charge in [-0.25, -0.2) is 0 Å². The second-order valence-electron chi connectivity index (χ2n) is 3.44. The average molecular weight is 231 g/mol. The first-order valence-electron chi connectivity index (χ1n) is 4.60. The molecule has 2 nitrogen and oxygen atoms in total. The van der Waals surface area contributed by atoms with Gasteiger partial charge >= 0.3 is 0 Å². The molecular weight excluding hydrogens is 220 g/mol. The Kier molecular flexibility index (Phi) is 3.19. The highest BCUT2D eigenvalue weighted by Gasteiger charge is 2.28. The van der Waals surface area contributed by atoms with E-state index < -0.39 is 0 Å². The summed E-state index contributed by atoms with van der Waals surface area (Å²) in [6.07, 6.45) is 2.18. The van der Waals surface area contributed by atoms with E-state index in [1.807, 2.05) is 6.07 Å². The topological polar surface area (TPSA) is 30.2 Å². The van der Waals surface area contributed by atoms with Gasteiger partial charge in [-0.3, -0.25) is 4.79 Å². The Balaban J connectivity index is 1.69. The van der Waals surface area contributed by atoms with Crippen LogP contribution in [0.5, 0.6) is 0 Å². The molecule has 14 heavy (non-hydrogen) atoms. The number of thioether (sulfide) groups is 1. The van der Waals surface area contributed by atoms with E-state index in [0.29, 0.717) is 22.7 Å². The zero-order valence-corrected chi connectivity index (χ0v) is 9.24. The standard InChI is InChI=1S/C10H11ClO2S/c11-10-4-3-8(13-10)5-14-6-9(12)7-1-2-7/h3-4,7H,1-2,5-6H2. The van der Waals surface area contributed by atoms with Crippen molar-refractivity contribution in [3.05, 3.63) is 23.1 Å². The summed E-state index contributed by atoms with van der Waals surface area (Å²) < 4.78 is 5.17. The number of ketones is 1. The lowest BCUT2D eigenvalue weighted by Crippen LogP contribution is -2.03. The van der Waals surface area contributed by atoms with Crippen molar-refractivity contribution in [3.63, 3.8) is 0 Å².